The Bertz CT molecular complexity index is 1300. The number of methoxy groups -OCH3 is 1. The van der Waals surface area contributed by atoms with Crippen LogP contribution in [0.5, 0.6) is 17.2 Å². The number of amides is 1. The van der Waals surface area contributed by atoms with Gasteiger partial charge >= 0.3 is 5.97 Å². The molecule has 1 fully saturated rings. The van der Waals surface area contributed by atoms with Crippen LogP contribution in [-0.2, 0) is 9.59 Å². The SMILES string of the molecule is CCCCN(C(=O)CN1CC(c2ccc3c(c2)OCO3)[C@H](C(=O)O)[C@H]1c1ccc(OC)cc1)c1cccnc1. The topological polar surface area (TPSA) is 101 Å². The number of carbonyl (C=O) groups excluding carboxylic acids is 1. The van der Waals surface area contributed by atoms with Crippen LogP contribution in [0.15, 0.2) is 67.0 Å². The first-order chi connectivity index (χ1) is 19.0. The number of aromatic nitrogens is 1. The molecule has 204 valence electrons. The van der Waals surface area contributed by atoms with Crippen LogP contribution < -0.4 is 19.1 Å². The summed E-state index contributed by atoms with van der Waals surface area (Å²) < 4.78 is 16.4. The molecule has 0 bridgehead atoms. The van der Waals surface area contributed by atoms with Crippen LogP contribution in [0, 0.1) is 5.92 Å². The lowest BCUT2D eigenvalue weighted by Crippen LogP contribution is -2.41. The molecule has 0 spiro atoms. The zero-order chi connectivity index (χ0) is 27.4. The summed E-state index contributed by atoms with van der Waals surface area (Å²) in [7, 11) is 1.59. The van der Waals surface area contributed by atoms with E-state index in [0.29, 0.717) is 30.3 Å². The molecule has 0 radical (unpaired) electrons. The first kappa shape index (κ1) is 26.5. The van der Waals surface area contributed by atoms with E-state index in [1.807, 2.05) is 59.5 Å². The van der Waals surface area contributed by atoms with Gasteiger partial charge in [0.05, 0.1) is 31.5 Å². The molecule has 0 saturated carbocycles. The van der Waals surface area contributed by atoms with Crippen molar-refractivity contribution in [1.29, 1.82) is 0 Å². The molecule has 1 saturated heterocycles. The van der Waals surface area contributed by atoms with Crippen LogP contribution in [0.1, 0.15) is 42.9 Å². The maximum Gasteiger partial charge on any atom is 0.309 e. The van der Waals surface area contributed by atoms with Gasteiger partial charge in [0.1, 0.15) is 5.75 Å². The molecular weight excluding hydrogens is 498 g/mol. The molecule has 9 nitrogen and oxygen atoms in total. The van der Waals surface area contributed by atoms with Crippen molar-refractivity contribution in [3.8, 4) is 17.2 Å². The Balaban J connectivity index is 1.50. The number of likely N-dealkylation sites (tertiary alicyclic amines) is 1. The number of unbranched alkanes of at least 4 members (excludes halogenated alkanes) is 1. The highest BCUT2D eigenvalue weighted by Crippen LogP contribution is 2.47. The minimum atomic E-state index is -0.913. The summed E-state index contributed by atoms with van der Waals surface area (Å²) in [6.45, 7) is 3.26. The van der Waals surface area contributed by atoms with Crippen LogP contribution >= 0.6 is 0 Å². The minimum absolute atomic E-state index is 0.0696. The maximum absolute atomic E-state index is 13.8. The quantitative estimate of drug-likeness (QED) is 0.408. The lowest BCUT2D eigenvalue weighted by molar-refractivity contribution is -0.143. The number of fused-ring (bicyclic) bond motifs is 1. The van der Waals surface area contributed by atoms with Crippen LogP contribution in [0.4, 0.5) is 5.69 Å². The van der Waals surface area contributed by atoms with Gasteiger partial charge in [-0.05, 0) is 53.9 Å². The van der Waals surface area contributed by atoms with Crippen molar-refractivity contribution in [2.75, 3.05) is 38.4 Å². The zero-order valence-electron chi connectivity index (χ0n) is 22.2. The fraction of sp³-hybridized carbons (Fsp3) is 0.367. The summed E-state index contributed by atoms with van der Waals surface area (Å²) in [6.07, 6.45) is 5.16. The Morgan fingerprint density at radius 2 is 1.87 bits per heavy atom. The van der Waals surface area contributed by atoms with Crippen LogP contribution in [0.25, 0.3) is 0 Å². The number of hydrogen-bond acceptors (Lipinski definition) is 7. The predicted octanol–water partition coefficient (Wildman–Crippen LogP) is 4.49. The second-order valence-electron chi connectivity index (χ2n) is 9.84. The number of carboxylic acids is 1. The van der Waals surface area contributed by atoms with E-state index in [1.165, 1.54) is 0 Å². The van der Waals surface area contributed by atoms with Crippen LogP contribution in [-0.4, -0.2) is 60.4 Å². The van der Waals surface area contributed by atoms with Gasteiger partial charge in [0.15, 0.2) is 11.5 Å². The van der Waals surface area contributed by atoms with Crippen molar-refractivity contribution < 1.29 is 28.9 Å². The molecule has 9 heteroatoms. The molecular formula is C30H33N3O6. The molecule has 2 aliphatic heterocycles. The monoisotopic (exact) mass is 531 g/mol. The Labute approximate surface area is 227 Å². The van der Waals surface area contributed by atoms with Crippen molar-refractivity contribution in [3.05, 3.63) is 78.1 Å². The summed E-state index contributed by atoms with van der Waals surface area (Å²) in [6, 6.07) is 16.2. The van der Waals surface area contributed by atoms with Gasteiger partial charge in [-0.25, -0.2) is 0 Å². The van der Waals surface area contributed by atoms with Crippen molar-refractivity contribution in [2.45, 2.75) is 31.7 Å². The second-order valence-corrected chi connectivity index (χ2v) is 9.84. The summed E-state index contributed by atoms with van der Waals surface area (Å²) >= 11 is 0. The molecule has 3 aromatic rings. The second kappa shape index (κ2) is 11.7. The smallest absolute Gasteiger partial charge is 0.309 e. The molecule has 39 heavy (non-hydrogen) atoms. The van der Waals surface area contributed by atoms with Gasteiger partial charge < -0.3 is 24.2 Å². The van der Waals surface area contributed by atoms with E-state index in [0.717, 1.165) is 29.7 Å². The molecule has 3 atom stereocenters. The largest absolute Gasteiger partial charge is 0.497 e. The van der Waals surface area contributed by atoms with Gasteiger partial charge in [-0.3, -0.25) is 19.5 Å². The van der Waals surface area contributed by atoms with Crippen molar-refractivity contribution in [3.63, 3.8) is 0 Å². The van der Waals surface area contributed by atoms with Gasteiger partial charge in [0.25, 0.3) is 0 Å². The van der Waals surface area contributed by atoms with Crippen molar-refractivity contribution in [1.82, 2.24) is 9.88 Å². The third-order valence-corrected chi connectivity index (χ3v) is 7.50. The molecule has 2 aromatic carbocycles. The summed E-state index contributed by atoms with van der Waals surface area (Å²) in [5.74, 6) is -0.219. The number of pyridine rings is 1. The summed E-state index contributed by atoms with van der Waals surface area (Å²) in [4.78, 5) is 34.6. The fourth-order valence-electron chi connectivity index (χ4n) is 5.56. The fourth-order valence-corrected chi connectivity index (χ4v) is 5.56. The first-order valence-electron chi connectivity index (χ1n) is 13.2. The number of benzene rings is 2. The number of anilines is 1. The van der Waals surface area contributed by atoms with E-state index in [-0.39, 0.29) is 25.2 Å². The van der Waals surface area contributed by atoms with Gasteiger partial charge in [0.2, 0.25) is 12.7 Å². The first-order valence-corrected chi connectivity index (χ1v) is 13.2. The van der Waals surface area contributed by atoms with Crippen LogP contribution in [0.3, 0.4) is 0 Å². The number of ether oxygens (including phenoxy) is 3. The summed E-state index contributed by atoms with van der Waals surface area (Å²) in [5, 5.41) is 10.5. The average molecular weight is 532 g/mol. The number of rotatable bonds is 10. The number of nitrogens with zero attached hydrogens (tertiary/aromatic N) is 3. The molecule has 1 unspecified atom stereocenters. The van der Waals surface area contributed by atoms with E-state index in [1.54, 1.807) is 24.4 Å². The van der Waals surface area contributed by atoms with Crippen molar-refractivity contribution >= 4 is 17.6 Å². The highest BCUT2D eigenvalue weighted by Gasteiger charge is 2.48. The molecule has 1 aromatic heterocycles. The minimum Gasteiger partial charge on any atom is -0.497 e. The van der Waals surface area contributed by atoms with Crippen molar-refractivity contribution in [2.24, 2.45) is 5.92 Å². The van der Waals surface area contributed by atoms with Gasteiger partial charge in [-0.15, -0.1) is 0 Å². The van der Waals surface area contributed by atoms with E-state index in [4.69, 9.17) is 14.2 Å². The molecule has 5 rings (SSSR count). The third-order valence-electron chi connectivity index (χ3n) is 7.50. The molecule has 3 heterocycles. The Kier molecular flexibility index (Phi) is 7.97. The highest BCUT2D eigenvalue weighted by molar-refractivity contribution is 5.94. The number of carbonyl (C=O) groups is 2. The predicted molar refractivity (Wildman–Crippen MR) is 145 cm³/mol. The van der Waals surface area contributed by atoms with Gasteiger partial charge in [-0.2, -0.15) is 0 Å². The van der Waals surface area contributed by atoms with E-state index < -0.39 is 17.9 Å². The van der Waals surface area contributed by atoms with Gasteiger partial charge in [0, 0.05) is 31.2 Å². The maximum atomic E-state index is 13.8. The average Bonchev–Trinajstić information content (AvgIpc) is 3.58. The Morgan fingerprint density at radius 3 is 2.56 bits per heavy atom. The lowest BCUT2D eigenvalue weighted by atomic mass is 9.82. The molecule has 2 aliphatic rings. The van der Waals surface area contributed by atoms with Crippen LogP contribution in [0.2, 0.25) is 0 Å². The molecule has 1 amide bonds. The number of aliphatic carboxylic acids is 1. The van der Waals surface area contributed by atoms with E-state index in [2.05, 4.69) is 11.9 Å². The van der Waals surface area contributed by atoms with E-state index in [9.17, 15) is 14.7 Å². The Morgan fingerprint density at radius 1 is 1.10 bits per heavy atom. The number of hydrogen-bond donors (Lipinski definition) is 1. The highest BCUT2D eigenvalue weighted by atomic mass is 16.7. The Hall–Kier alpha value is -4.11. The zero-order valence-corrected chi connectivity index (χ0v) is 22.2. The molecule has 0 aliphatic carbocycles. The number of carboxylic acid groups (broad SMARTS) is 1. The lowest BCUT2D eigenvalue weighted by Gasteiger charge is -2.30. The standard InChI is InChI=1S/C30H33N3O6/c1-3-4-14-33(22-6-5-13-31-16-22)27(34)18-32-17-24(21-9-12-25-26(15-21)39-19-38-25)28(30(35)36)29(32)20-7-10-23(37-2)11-8-20/h5-13,15-16,24,28-29H,3-4,14,17-19H2,1-2H3,(H,35,36)/t24?,28-,29+/m0/s1. The summed E-state index contributed by atoms with van der Waals surface area (Å²) in [5.41, 5.74) is 2.40. The third kappa shape index (κ3) is 5.54. The van der Waals surface area contributed by atoms with E-state index >= 15 is 0 Å². The molecule has 1 N–H and O–H groups in total. The normalized spacial score (nSPS) is 20.1. The van der Waals surface area contributed by atoms with Gasteiger partial charge in [-0.1, -0.05) is 31.5 Å².